The van der Waals surface area contributed by atoms with E-state index in [-0.39, 0.29) is 5.97 Å². The second-order valence-corrected chi connectivity index (χ2v) is 8.14. The van der Waals surface area contributed by atoms with E-state index < -0.39 is 0 Å². The van der Waals surface area contributed by atoms with Crippen molar-refractivity contribution in [2.24, 2.45) is 0 Å². The Labute approximate surface area is 179 Å². The molecule has 0 spiro atoms. The monoisotopic (exact) mass is 401 g/mol. The van der Waals surface area contributed by atoms with Gasteiger partial charge >= 0.3 is 5.97 Å². The number of hydrogen-bond donors (Lipinski definition) is 0. The van der Waals surface area contributed by atoms with E-state index in [0.717, 1.165) is 13.0 Å². The lowest BCUT2D eigenvalue weighted by atomic mass is 9.80. The Hall–Kier alpha value is -2.81. The van der Waals surface area contributed by atoms with Gasteiger partial charge in [0.15, 0.2) is 0 Å². The fraction of sp³-hybridized carbons (Fsp3) is 0.370. The fourth-order valence-corrected chi connectivity index (χ4v) is 4.94. The predicted octanol–water partition coefficient (Wildman–Crippen LogP) is 6.57. The first kappa shape index (κ1) is 20.5. The maximum Gasteiger partial charge on any atom is 0.338 e. The minimum absolute atomic E-state index is 0.237. The topological polar surface area (TPSA) is 29.5 Å². The molecule has 0 amide bonds. The third kappa shape index (κ3) is 4.21. The van der Waals surface area contributed by atoms with Crippen LogP contribution in [0.4, 0.5) is 5.69 Å². The molecule has 0 heterocycles. The van der Waals surface area contributed by atoms with Crippen molar-refractivity contribution >= 4 is 22.4 Å². The van der Waals surface area contributed by atoms with Gasteiger partial charge in [0, 0.05) is 23.7 Å². The third-order valence-corrected chi connectivity index (χ3v) is 6.40. The molecule has 0 aliphatic heterocycles. The molecule has 156 valence electrons. The van der Waals surface area contributed by atoms with Crippen molar-refractivity contribution in [3.05, 3.63) is 77.9 Å². The standard InChI is InChI=1S/C27H31NO2/c1-3-28(26-14-8-10-21-9-5-6-13-25(21)26)24-12-7-11-23(19-24)20-15-17-22(18-16-20)27(29)30-4-2/h5-6,8-10,13-18,23-24H,3-4,7,11-12,19H2,1-2H3. The van der Waals surface area contributed by atoms with Crippen LogP contribution in [-0.4, -0.2) is 25.2 Å². The van der Waals surface area contributed by atoms with E-state index in [1.54, 1.807) is 0 Å². The lowest BCUT2D eigenvalue weighted by molar-refractivity contribution is 0.0526. The van der Waals surface area contributed by atoms with Gasteiger partial charge in [0.2, 0.25) is 0 Å². The van der Waals surface area contributed by atoms with Crippen molar-refractivity contribution in [1.29, 1.82) is 0 Å². The fourth-order valence-electron chi connectivity index (χ4n) is 4.94. The first-order valence-corrected chi connectivity index (χ1v) is 11.2. The number of rotatable bonds is 6. The summed E-state index contributed by atoms with van der Waals surface area (Å²) in [5.41, 5.74) is 3.32. The van der Waals surface area contributed by atoms with Crippen molar-refractivity contribution in [3.63, 3.8) is 0 Å². The van der Waals surface area contributed by atoms with Crippen molar-refractivity contribution in [2.45, 2.75) is 51.5 Å². The van der Waals surface area contributed by atoms with Crippen LogP contribution in [0, 0.1) is 0 Å². The van der Waals surface area contributed by atoms with Crippen LogP contribution in [0.1, 0.15) is 61.4 Å². The molecule has 3 aromatic carbocycles. The van der Waals surface area contributed by atoms with Crippen LogP contribution < -0.4 is 4.90 Å². The molecular weight excluding hydrogens is 370 g/mol. The first-order chi connectivity index (χ1) is 14.7. The van der Waals surface area contributed by atoms with E-state index in [1.165, 1.54) is 41.3 Å². The van der Waals surface area contributed by atoms with E-state index >= 15 is 0 Å². The molecule has 1 aliphatic carbocycles. The Morgan fingerprint density at radius 1 is 0.967 bits per heavy atom. The van der Waals surface area contributed by atoms with Crippen molar-refractivity contribution in [2.75, 3.05) is 18.1 Å². The summed E-state index contributed by atoms with van der Waals surface area (Å²) in [5.74, 6) is 0.294. The van der Waals surface area contributed by atoms with Crippen LogP contribution in [0.15, 0.2) is 66.7 Å². The molecule has 4 rings (SSSR count). The highest BCUT2D eigenvalue weighted by atomic mass is 16.5. The van der Waals surface area contributed by atoms with Crippen molar-refractivity contribution in [1.82, 2.24) is 0 Å². The smallest absolute Gasteiger partial charge is 0.338 e. The molecule has 1 saturated carbocycles. The van der Waals surface area contributed by atoms with E-state index in [0.29, 0.717) is 24.1 Å². The molecule has 0 N–H and O–H groups in total. The zero-order valence-electron chi connectivity index (χ0n) is 18.0. The molecule has 3 heteroatoms. The Balaban J connectivity index is 1.54. The third-order valence-electron chi connectivity index (χ3n) is 6.40. The number of ether oxygens (including phenoxy) is 1. The highest BCUT2D eigenvalue weighted by Gasteiger charge is 2.28. The molecule has 2 atom stereocenters. The molecule has 0 bridgehead atoms. The molecule has 2 unspecified atom stereocenters. The van der Waals surface area contributed by atoms with E-state index in [1.807, 2.05) is 19.1 Å². The molecule has 0 radical (unpaired) electrons. The van der Waals surface area contributed by atoms with Gasteiger partial charge in [-0.3, -0.25) is 0 Å². The zero-order valence-corrected chi connectivity index (χ0v) is 18.0. The number of carbonyl (C=O) groups excluding carboxylic acids is 1. The molecule has 1 aliphatic rings. The molecule has 1 fully saturated rings. The zero-order chi connectivity index (χ0) is 20.9. The van der Waals surface area contributed by atoms with Gasteiger partial charge in [-0.2, -0.15) is 0 Å². The molecule has 3 nitrogen and oxygen atoms in total. The maximum absolute atomic E-state index is 11.9. The number of esters is 1. The lowest BCUT2D eigenvalue weighted by Crippen LogP contribution is -2.38. The highest BCUT2D eigenvalue weighted by Crippen LogP contribution is 2.38. The number of hydrogen-bond acceptors (Lipinski definition) is 3. The van der Waals surface area contributed by atoms with Crippen LogP contribution in [0.2, 0.25) is 0 Å². The van der Waals surface area contributed by atoms with Gasteiger partial charge in [-0.05, 0) is 68.2 Å². The van der Waals surface area contributed by atoms with Gasteiger partial charge in [-0.25, -0.2) is 4.79 Å². The first-order valence-electron chi connectivity index (χ1n) is 11.2. The number of fused-ring (bicyclic) bond motifs is 1. The van der Waals surface area contributed by atoms with Gasteiger partial charge in [0.1, 0.15) is 0 Å². The van der Waals surface area contributed by atoms with Gasteiger partial charge in [0.25, 0.3) is 0 Å². The summed E-state index contributed by atoms with van der Waals surface area (Å²) >= 11 is 0. The second-order valence-electron chi connectivity index (χ2n) is 8.14. The summed E-state index contributed by atoms with van der Waals surface area (Å²) in [5, 5.41) is 2.64. The lowest BCUT2D eigenvalue weighted by Gasteiger charge is -2.39. The number of nitrogens with zero attached hydrogens (tertiary/aromatic N) is 1. The minimum Gasteiger partial charge on any atom is -0.462 e. The summed E-state index contributed by atoms with van der Waals surface area (Å²) in [6, 6.07) is 23.9. The van der Waals surface area contributed by atoms with Crippen molar-refractivity contribution < 1.29 is 9.53 Å². The second kappa shape index (κ2) is 9.34. The molecule has 0 saturated heterocycles. The largest absolute Gasteiger partial charge is 0.462 e. The van der Waals surface area contributed by atoms with Gasteiger partial charge in [0.05, 0.1) is 12.2 Å². The predicted molar refractivity (Wildman–Crippen MR) is 124 cm³/mol. The van der Waals surface area contributed by atoms with Crippen LogP contribution in [-0.2, 0) is 4.74 Å². The molecule has 30 heavy (non-hydrogen) atoms. The maximum atomic E-state index is 11.9. The summed E-state index contributed by atoms with van der Waals surface area (Å²) in [6.07, 6.45) is 4.82. The van der Waals surface area contributed by atoms with E-state index in [9.17, 15) is 4.79 Å². The minimum atomic E-state index is -0.237. The highest BCUT2D eigenvalue weighted by molar-refractivity contribution is 5.94. The van der Waals surface area contributed by atoms with Crippen LogP contribution >= 0.6 is 0 Å². The molecular formula is C27H31NO2. The Morgan fingerprint density at radius 3 is 2.50 bits per heavy atom. The molecule has 0 aromatic heterocycles. The Bertz CT molecular complexity index is 990. The van der Waals surface area contributed by atoms with Gasteiger partial charge in [-0.15, -0.1) is 0 Å². The quantitative estimate of drug-likeness (QED) is 0.438. The van der Waals surface area contributed by atoms with Crippen LogP contribution in [0.3, 0.4) is 0 Å². The van der Waals surface area contributed by atoms with Gasteiger partial charge in [-0.1, -0.05) is 55.0 Å². The summed E-state index contributed by atoms with van der Waals surface area (Å²) in [6.45, 7) is 5.52. The normalized spacial score (nSPS) is 18.9. The van der Waals surface area contributed by atoms with Crippen LogP contribution in [0.5, 0.6) is 0 Å². The van der Waals surface area contributed by atoms with Crippen LogP contribution in [0.25, 0.3) is 10.8 Å². The van der Waals surface area contributed by atoms with E-state index in [2.05, 4.69) is 66.4 Å². The summed E-state index contributed by atoms with van der Waals surface area (Å²) in [4.78, 5) is 14.5. The number of anilines is 1. The Kier molecular flexibility index (Phi) is 6.37. The average Bonchev–Trinajstić information content (AvgIpc) is 2.80. The molecule has 3 aromatic rings. The SMILES string of the molecule is CCOC(=O)c1ccc(C2CCCC(N(CC)c3cccc4ccccc34)C2)cc1. The van der Waals surface area contributed by atoms with E-state index in [4.69, 9.17) is 4.74 Å². The Morgan fingerprint density at radius 2 is 1.73 bits per heavy atom. The number of benzene rings is 3. The summed E-state index contributed by atoms with van der Waals surface area (Å²) < 4.78 is 5.11. The van der Waals surface area contributed by atoms with Gasteiger partial charge < -0.3 is 9.64 Å². The van der Waals surface area contributed by atoms with Crippen molar-refractivity contribution in [3.8, 4) is 0 Å². The summed E-state index contributed by atoms with van der Waals surface area (Å²) in [7, 11) is 0. The average molecular weight is 402 g/mol. The number of carbonyl (C=O) groups is 1.